The van der Waals surface area contributed by atoms with Crippen molar-refractivity contribution in [3.63, 3.8) is 0 Å². The topological polar surface area (TPSA) is 157 Å². The molecular formula is C30H29F2NO9. The van der Waals surface area contributed by atoms with Crippen LogP contribution in [0, 0.1) is 17.6 Å². The van der Waals surface area contributed by atoms with Crippen LogP contribution in [0.15, 0.2) is 72.7 Å². The summed E-state index contributed by atoms with van der Waals surface area (Å²) in [7, 11) is 0. The van der Waals surface area contributed by atoms with Gasteiger partial charge >= 0.3 is 5.97 Å². The smallest absolute Gasteiger partial charge is 0.335 e. The number of anilines is 1. The molecule has 0 unspecified atom stereocenters. The fourth-order valence-corrected chi connectivity index (χ4v) is 5.17. The van der Waals surface area contributed by atoms with Crippen molar-refractivity contribution in [2.24, 2.45) is 5.92 Å². The van der Waals surface area contributed by atoms with Crippen LogP contribution in [0.3, 0.4) is 0 Å². The maximum atomic E-state index is 13.8. The molecule has 2 heterocycles. The number of carboxylic acids is 1. The lowest BCUT2D eigenvalue weighted by Crippen LogP contribution is -2.61. The minimum Gasteiger partial charge on any atom is -0.479 e. The lowest BCUT2D eigenvalue weighted by atomic mass is 9.78. The molecule has 2 aliphatic rings. The molecule has 0 aliphatic carbocycles. The third kappa shape index (κ3) is 5.85. The van der Waals surface area contributed by atoms with Crippen molar-refractivity contribution >= 4 is 17.6 Å². The zero-order chi connectivity index (χ0) is 31.9. The molecule has 0 bridgehead atoms. The van der Waals surface area contributed by atoms with Gasteiger partial charge < -0.3 is 39.9 Å². The number of nitrogens with zero attached hydrogens (tertiary/aromatic N) is 1. The molecule has 0 spiro atoms. The molecule has 10 nitrogen and oxygen atoms in total. The Bertz CT molecular complexity index is 1550. The number of amides is 1. The normalized spacial score (nSPS) is 28.9. The van der Waals surface area contributed by atoms with Gasteiger partial charge in [0.1, 0.15) is 35.7 Å². The number of hydrogen-bond acceptors (Lipinski definition) is 8. The van der Waals surface area contributed by atoms with E-state index in [-0.39, 0.29) is 42.3 Å². The average molecular weight is 590 g/mol. The molecule has 1 amide bonds. The quantitative estimate of drug-likeness (QED) is 0.237. The summed E-state index contributed by atoms with van der Waals surface area (Å²) >= 11 is 0. The van der Waals surface area contributed by atoms with E-state index in [9.17, 15) is 43.9 Å². The van der Waals surface area contributed by atoms with Gasteiger partial charge in [0.25, 0.3) is 0 Å². The molecule has 5 N–H and O–H groups in total. The highest BCUT2D eigenvalue weighted by Gasteiger charge is 2.49. The second-order valence-corrected chi connectivity index (χ2v) is 10.1. The van der Waals surface area contributed by atoms with Gasteiger partial charge in [-0.2, -0.15) is 0 Å². The molecule has 2 fully saturated rings. The summed E-state index contributed by atoms with van der Waals surface area (Å²) in [6, 6.07) is 11.6. The molecule has 0 radical (unpaired) electrons. The first-order valence-corrected chi connectivity index (χ1v) is 13.1. The van der Waals surface area contributed by atoms with E-state index in [0.717, 1.165) is 12.1 Å². The molecule has 3 aromatic carbocycles. The molecule has 8 atom stereocenters. The fourth-order valence-electron chi connectivity index (χ4n) is 5.17. The Morgan fingerprint density at radius 3 is 2.31 bits per heavy atom. The maximum absolute atomic E-state index is 13.8. The van der Waals surface area contributed by atoms with E-state index in [4.69, 9.17) is 12.2 Å². The van der Waals surface area contributed by atoms with E-state index >= 15 is 0 Å². The molecule has 42 heavy (non-hydrogen) atoms. The molecule has 5 rings (SSSR count). The fraction of sp³-hybridized carbons (Fsp3) is 0.333. The van der Waals surface area contributed by atoms with Crippen molar-refractivity contribution in [1.82, 2.24) is 0 Å². The number of rotatable bonds is 9. The van der Waals surface area contributed by atoms with Crippen molar-refractivity contribution in [2.75, 3.05) is 4.90 Å². The largest absolute Gasteiger partial charge is 0.479 e. The Morgan fingerprint density at radius 1 is 0.952 bits per heavy atom. The van der Waals surface area contributed by atoms with Crippen LogP contribution in [-0.2, 0) is 14.3 Å². The Kier molecular flexibility index (Phi) is 7.77. The zero-order valence-corrected chi connectivity index (χ0v) is 21.9. The third-order valence-electron chi connectivity index (χ3n) is 7.44. The summed E-state index contributed by atoms with van der Waals surface area (Å²) in [6.45, 7) is 0. The molecule has 12 heteroatoms. The first-order valence-electron chi connectivity index (χ1n) is 14.1. The minimum atomic E-state index is -1.92. The van der Waals surface area contributed by atoms with Gasteiger partial charge in [-0.3, -0.25) is 4.79 Å². The lowest BCUT2D eigenvalue weighted by molar-refractivity contribution is -0.271. The van der Waals surface area contributed by atoms with Gasteiger partial charge in [0.2, 0.25) is 12.2 Å². The van der Waals surface area contributed by atoms with E-state index in [2.05, 4.69) is 0 Å². The number of hydrogen-bond donors (Lipinski definition) is 5. The van der Waals surface area contributed by atoms with Gasteiger partial charge in [0.15, 0.2) is 6.10 Å². The van der Waals surface area contributed by atoms with Crippen LogP contribution in [0.2, 0.25) is 0 Å². The highest BCUT2D eigenvalue weighted by Crippen LogP contribution is 2.46. The number of ether oxygens (including phenoxy) is 2. The highest BCUT2D eigenvalue weighted by molar-refractivity contribution is 6.03. The first kappa shape index (κ1) is 26.9. The van der Waals surface area contributed by atoms with Crippen molar-refractivity contribution in [2.45, 2.75) is 55.7 Å². The number of benzene rings is 3. The SMILES string of the molecule is [3H]c1cc([C@@H]2[C@H](CC[C@H](O)c3ccc(F)cc3)C(=O)N2c2ccc(F)cc2[3H])ccc1O[C@@H]1O[C@H](C(=O)O)[C@@H](O)[C@H](O)[C@H]1O. The van der Waals surface area contributed by atoms with E-state index in [1.165, 1.54) is 53.4 Å². The Hall–Kier alpha value is -3.94. The zero-order valence-electron chi connectivity index (χ0n) is 23.9. The molecular weight excluding hydrogens is 556 g/mol. The molecule has 222 valence electrons. The molecule has 0 aromatic heterocycles. The van der Waals surface area contributed by atoms with E-state index in [0.29, 0.717) is 11.1 Å². The lowest BCUT2D eigenvalue weighted by Gasteiger charge is -2.48. The number of carbonyl (C=O) groups excluding carboxylic acids is 1. The molecule has 2 saturated heterocycles. The van der Waals surface area contributed by atoms with Gasteiger partial charge in [-0.05, 0) is 72.5 Å². The standard InChI is InChI=1S/C30H29F2NO9/c31-17-5-1-15(2-6-17)22(34)14-13-21-23(33(28(21)38)19-9-7-18(32)8-10-19)16-3-11-20(12-4-16)41-30-26(37)24(35)25(36)27(42-30)29(39)40/h1-12,21-27,30,34-37H,13-14H2,(H,39,40)/t21-,22-,23+,24-,25-,26+,27-,30+/m0/s1/i9T,11T. The van der Waals surface area contributed by atoms with Crippen LogP contribution < -0.4 is 9.64 Å². The number of halogens is 2. The van der Waals surface area contributed by atoms with Crippen LogP contribution in [0.25, 0.3) is 0 Å². The maximum Gasteiger partial charge on any atom is 0.335 e. The number of β-lactam (4-membered cyclic amide) rings is 1. The Balaban J connectivity index is 1.40. The number of carbonyl (C=O) groups is 2. The van der Waals surface area contributed by atoms with E-state index in [1.807, 2.05) is 0 Å². The Labute approximate surface area is 241 Å². The van der Waals surface area contributed by atoms with Crippen LogP contribution in [0.1, 0.15) is 38.9 Å². The summed E-state index contributed by atoms with van der Waals surface area (Å²) in [6.07, 6.45) is -9.99. The van der Waals surface area contributed by atoms with Crippen molar-refractivity contribution in [3.05, 3.63) is 95.5 Å². The van der Waals surface area contributed by atoms with E-state index < -0.39 is 66.4 Å². The molecule has 2 aliphatic heterocycles. The highest BCUT2D eigenvalue weighted by atomic mass is 19.1. The second-order valence-electron chi connectivity index (χ2n) is 10.1. The van der Waals surface area contributed by atoms with Crippen LogP contribution in [0.4, 0.5) is 14.5 Å². The minimum absolute atomic E-state index is 0.133. The first-order chi connectivity index (χ1) is 20.9. The Morgan fingerprint density at radius 2 is 1.64 bits per heavy atom. The van der Waals surface area contributed by atoms with Gasteiger partial charge in [-0.25, -0.2) is 13.6 Å². The number of aliphatic hydroxyl groups is 4. The molecule has 3 aromatic rings. The average Bonchev–Trinajstić information content (AvgIpc) is 2.98. The van der Waals surface area contributed by atoms with Gasteiger partial charge in [-0.1, -0.05) is 24.3 Å². The summed E-state index contributed by atoms with van der Waals surface area (Å²) < 4.78 is 54.4. The summed E-state index contributed by atoms with van der Waals surface area (Å²) in [5, 5.41) is 50.2. The summed E-state index contributed by atoms with van der Waals surface area (Å²) in [5.41, 5.74) is 1.02. The van der Waals surface area contributed by atoms with Crippen LogP contribution in [-0.4, -0.2) is 68.1 Å². The van der Waals surface area contributed by atoms with Crippen molar-refractivity contribution in [1.29, 1.82) is 0 Å². The van der Waals surface area contributed by atoms with Gasteiger partial charge in [0, 0.05) is 5.69 Å². The van der Waals surface area contributed by atoms with E-state index in [1.54, 1.807) is 0 Å². The van der Waals surface area contributed by atoms with Crippen molar-refractivity contribution < 1.29 is 56.1 Å². The van der Waals surface area contributed by atoms with Crippen LogP contribution >= 0.6 is 0 Å². The molecule has 0 saturated carbocycles. The summed E-state index contributed by atoms with van der Waals surface area (Å²) in [5.74, 6) is -3.99. The predicted molar refractivity (Wildman–Crippen MR) is 142 cm³/mol. The monoisotopic (exact) mass is 589 g/mol. The number of aliphatic carboxylic acids is 1. The second kappa shape index (κ2) is 12.1. The predicted octanol–water partition coefficient (Wildman–Crippen LogP) is 2.45. The number of carboxylic acid groups (broad SMARTS) is 1. The number of aliphatic hydroxyl groups excluding tert-OH is 4. The van der Waals surface area contributed by atoms with Gasteiger partial charge in [0.05, 0.1) is 20.8 Å². The van der Waals surface area contributed by atoms with Crippen LogP contribution in [0.5, 0.6) is 5.75 Å². The third-order valence-corrected chi connectivity index (χ3v) is 7.44. The summed E-state index contributed by atoms with van der Waals surface area (Å²) in [4.78, 5) is 26.1. The van der Waals surface area contributed by atoms with Gasteiger partial charge in [-0.15, -0.1) is 0 Å². The van der Waals surface area contributed by atoms with Crippen molar-refractivity contribution in [3.8, 4) is 5.75 Å².